The maximum absolute atomic E-state index is 11.9. The average molecular weight is 264 g/mol. The van der Waals surface area contributed by atoms with Crippen LogP contribution in [0.5, 0.6) is 0 Å². The normalized spacial score (nSPS) is 15.1. The predicted molar refractivity (Wildman–Crippen MR) is 68.0 cm³/mol. The molecule has 92 valence electrons. The first-order chi connectivity index (χ1) is 7.51. The molecule has 1 heterocycles. The standard InChI is InChI=1S/C10H18ClN3OS/c1-4-8-10(11)9(14(3)13-8)6-16(15)7(2)5-12/h7H,4-6,12H2,1-3H3. The van der Waals surface area contributed by atoms with E-state index >= 15 is 0 Å². The molecule has 0 bridgehead atoms. The summed E-state index contributed by atoms with van der Waals surface area (Å²) in [7, 11) is 0.829. The highest BCUT2D eigenvalue weighted by atomic mass is 35.5. The third-order valence-electron chi connectivity index (χ3n) is 2.56. The van der Waals surface area contributed by atoms with Crippen molar-refractivity contribution in [1.82, 2.24) is 9.78 Å². The summed E-state index contributed by atoms with van der Waals surface area (Å²) >= 11 is 6.17. The second-order valence-electron chi connectivity index (χ2n) is 3.76. The number of halogens is 1. The van der Waals surface area contributed by atoms with Crippen LogP contribution in [0.3, 0.4) is 0 Å². The van der Waals surface area contributed by atoms with E-state index in [4.69, 9.17) is 17.3 Å². The van der Waals surface area contributed by atoms with Crippen LogP contribution in [0.4, 0.5) is 0 Å². The van der Waals surface area contributed by atoms with Crippen LogP contribution in [-0.4, -0.2) is 25.8 Å². The van der Waals surface area contributed by atoms with E-state index in [9.17, 15) is 4.21 Å². The smallest absolute Gasteiger partial charge is 0.0859 e. The summed E-state index contributed by atoms with van der Waals surface area (Å²) in [5.74, 6) is 0.417. The van der Waals surface area contributed by atoms with Gasteiger partial charge in [0.25, 0.3) is 0 Å². The van der Waals surface area contributed by atoms with E-state index in [1.807, 2.05) is 20.9 Å². The van der Waals surface area contributed by atoms with E-state index < -0.39 is 10.8 Å². The second-order valence-corrected chi connectivity index (χ2v) is 5.99. The zero-order chi connectivity index (χ0) is 12.3. The van der Waals surface area contributed by atoms with Gasteiger partial charge in [-0.1, -0.05) is 18.5 Å². The minimum absolute atomic E-state index is 0.0176. The molecule has 0 aliphatic rings. The van der Waals surface area contributed by atoms with Crippen LogP contribution >= 0.6 is 11.6 Å². The van der Waals surface area contributed by atoms with Crippen LogP contribution in [0.1, 0.15) is 25.2 Å². The molecule has 0 saturated carbocycles. The Morgan fingerprint density at radius 1 is 1.62 bits per heavy atom. The highest BCUT2D eigenvalue weighted by Crippen LogP contribution is 2.22. The number of nitrogens with zero attached hydrogens (tertiary/aromatic N) is 2. The molecule has 1 aromatic rings. The third-order valence-corrected chi connectivity index (χ3v) is 4.65. The summed E-state index contributed by atoms with van der Waals surface area (Å²) in [6.07, 6.45) is 0.783. The van der Waals surface area contributed by atoms with Crippen molar-refractivity contribution in [3.63, 3.8) is 0 Å². The van der Waals surface area contributed by atoms with Gasteiger partial charge in [0.2, 0.25) is 0 Å². The van der Waals surface area contributed by atoms with Gasteiger partial charge in [-0.05, 0) is 13.3 Å². The minimum Gasteiger partial charge on any atom is -0.329 e. The molecule has 0 radical (unpaired) electrons. The fraction of sp³-hybridized carbons (Fsp3) is 0.700. The molecule has 0 fully saturated rings. The van der Waals surface area contributed by atoms with E-state index in [1.54, 1.807) is 4.68 Å². The maximum Gasteiger partial charge on any atom is 0.0859 e. The van der Waals surface area contributed by atoms with Crippen molar-refractivity contribution in [3.05, 3.63) is 16.4 Å². The topological polar surface area (TPSA) is 60.9 Å². The van der Waals surface area contributed by atoms with Gasteiger partial charge >= 0.3 is 0 Å². The number of hydrogen-bond donors (Lipinski definition) is 1. The van der Waals surface area contributed by atoms with Crippen LogP contribution in [-0.2, 0) is 30.0 Å². The fourth-order valence-electron chi connectivity index (χ4n) is 1.36. The zero-order valence-corrected chi connectivity index (χ0v) is 11.4. The number of aromatic nitrogens is 2. The molecular formula is C10H18ClN3OS. The van der Waals surface area contributed by atoms with Crippen LogP contribution in [0, 0.1) is 0 Å². The van der Waals surface area contributed by atoms with Crippen molar-refractivity contribution in [2.45, 2.75) is 31.3 Å². The summed E-state index contributed by atoms with van der Waals surface area (Å²) in [6.45, 7) is 4.29. The van der Waals surface area contributed by atoms with Crippen LogP contribution in [0.15, 0.2) is 0 Å². The first-order valence-electron chi connectivity index (χ1n) is 5.28. The molecule has 2 N–H and O–H groups in total. The van der Waals surface area contributed by atoms with Crippen LogP contribution in [0.25, 0.3) is 0 Å². The number of hydrogen-bond acceptors (Lipinski definition) is 3. The van der Waals surface area contributed by atoms with Crippen LogP contribution in [0.2, 0.25) is 5.02 Å². The molecule has 0 spiro atoms. The van der Waals surface area contributed by atoms with Crippen molar-refractivity contribution < 1.29 is 4.21 Å². The van der Waals surface area contributed by atoms with Gasteiger partial charge < -0.3 is 5.73 Å². The van der Waals surface area contributed by atoms with Gasteiger partial charge in [-0.15, -0.1) is 0 Å². The van der Waals surface area contributed by atoms with Gasteiger partial charge in [0.05, 0.1) is 22.2 Å². The van der Waals surface area contributed by atoms with E-state index in [0.717, 1.165) is 17.8 Å². The van der Waals surface area contributed by atoms with Gasteiger partial charge in [0.15, 0.2) is 0 Å². The Labute approximate surface area is 104 Å². The number of rotatable bonds is 5. The lowest BCUT2D eigenvalue weighted by Gasteiger charge is -2.08. The molecule has 4 nitrogen and oxygen atoms in total. The molecule has 16 heavy (non-hydrogen) atoms. The monoisotopic (exact) mass is 263 g/mol. The summed E-state index contributed by atoms with van der Waals surface area (Å²) in [5, 5.41) is 4.91. The van der Waals surface area contributed by atoms with Crippen molar-refractivity contribution in [2.24, 2.45) is 12.8 Å². The molecule has 2 atom stereocenters. The summed E-state index contributed by atoms with van der Waals surface area (Å²) in [4.78, 5) is 0. The largest absolute Gasteiger partial charge is 0.329 e. The summed E-state index contributed by atoms with van der Waals surface area (Å²) in [6, 6.07) is 0. The Morgan fingerprint density at radius 3 is 2.69 bits per heavy atom. The second kappa shape index (κ2) is 5.80. The highest BCUT2D eigenvalue weighted by molar-refractivity contribution is 7.84. The van der Waals surface area contributed by atoms with E-state index in [0.29, 0.717) is 17.3 Å². The lowest BCUT2D eigenvalue weighted by molar-refractivity contribution is 0.666. The van der Waals surface area contributed by atoms with Crippen molar-refractivity contribution in [1.29, 1.82) is 0 Å². The molecule has 0 aliphatic carbocycles. The number of nitrogens with two attached hydrogens (primary N) is 1. The zero-order valence-electron chi connectivity index (χ0n) is 9.86. The van der Waals surface area contributed by atoms with Crippen molar-refractivity contribution in [2.75, 3.05) is 6.54 Å². The van der Waals surface area contributed by atoms with Gasteiger partial charge in [0.1, 0.15) is 0 Å². The Hall–Kier alpha value is -0.390. The molecular weight excluding hydrogens is 246 g/mol. The fourth-order valence-corrected chi connectivity index (χ4v) is 2.90. The Balaban J connectivity index is 2.89. The minimum atomic E-state index is -0.995. The highest BCUT2D eigenvalue weighted by Gasteiger charge is 2.17. The third kappa shape index (κ3) is 2.84. The molecule has 0 amide bonds. The maximum atomic E-state index is 11.9. The first-order valence-corrected chi connectivity index (χ1v) is 7.04. The van der Waals surface area contributed by atoms with Gasteiger partial charge in [0, 0.05) is 29.6 Å². The van der Waals surface area contributed by atoms with E-state index in [1.165, 1.54) is 0 Å². The first kappa shape index (κ1) is 13.7. The Kier molecular flexibility index (Phi) is 4.95. The van der Waals surface area contributed by atoms with Gasteiger partial charge in [-0.25, -0.2) is 0 Å². The summed E-state index contributed by atoms with van der Waals surface area (Å²) in [5.41, 5.74) is 7.17. The molecule has 6 heteroatoms. The quantitative estimate of drug-likeness (QED) is 0.869. The number of aryl methyl sites for hydroxylation is 2. The molecule has 0 aromatic carbocycles. The lowest BCUT2D eigenvalue weighted by atomic mass is 10.3. The van der Waals surface area contributed by atoms with Gasteiger partial charge in [-0.2, -0.15) is 5.10 Å². The SMILES string of the molecule is CCc1nn(C)c(CS(=O)C(C)CN)c1Cl. The van der Waals surface area contributed by atoms with Crippen molar-refractivity contribution in [3.8, 4) is 0 Å². The van der Waals surface area contributed by atoms with Crippen molar-refractivity contribution >= 4 is 22.4 Å². The van der Waals surface area contributed by atoms with E-state index in [-0.39, 0.29) is 5.25 Å². The van der Waals surface area contributed by atoms with E-state index in [2.05, 4.69) is 5.10 Å². The average Bonchev–Trinajstić information content (AvgIpc) is 2.55. The summed E-state index contributed by atoms with van der Waals surface area (Å²) < 4.78 is 13.6. The lowest BCUT2D eigenvalue weighted by Crippen LogP contribution is -2.23. The molecule has 1 aromatic heterocycles. The van der Waals surface area contributed by atoms with Gasteiger partial charge in [-0.3, -0.25) is 8.89 Å². The predicted octanol–water partition coefficient (Wildman–Crippen LogP) is 1.23. The molecule has 0 saturated heterocycles. The molecule has 2 unspecified atom stereocenters. The Morgan fingerprint density at radius 2 is 2.25 bits per heavy atom. The Bertz CT molecular complexity index is 392. The molecule has 0 aliphatic heterocycles. The molecule has 1 rings (SSSR count). The van der Waals surface area contributed by atoms with Crippen LogP contribution < -0.4 is 5.73 Å².